The predicted molar refractivity (Wildman–Crippen MR) is 57.3 cm³/mol. The summed E-state index contributed by atoms with van der Waals surface area (Å²) in [6, 6.07) is 3.74. The van der Waals surface area contributed by atoms with Gasteiger partial charge in [0.25, 0.3) is 0 Å². The molecule has 0 aliphatic carbocycles. The normalized spacial score (nSPS) is 10.1. The van der Waals surface area contributed by atoms with E-state index in [0.717, 1.165) is 24.0 Å². The smallest absolute Gasteiger partial charge is 0.124 e. The predicted octanol–water partition coefficient (Wildman–Crippen LogP) is 2.31. The highest BCUT2D eigenvalue weighted by molar-refractivity contribution is 5.43. The van der Waals surface area contributed by atoms with Gasteiger partial charge in [-0.1, -0.05) is 23.8 Å². The third kappa shape index (κ3) is 2.36. The number of rotatable bonds is 4. The van der Waals surface area contributed by atoms with Crippen molar-refractivity contribution in [2.45, 2.75) is 26.4 Å². The van der Waals surface area contributed by atoms with Crippen molar-refractivity contribution in [1.82, 2.24) is 0 Å². The second kappa shape index (κ2) is 4.82. The summed E-state index contributed by atoms with van der Waals surface area (Å²) in [5, 5.41) is 18.8. The number of benzene rings is 1. The highest BCUT2D eigenvalue weighted by Crippen LogP contribution is 2.25. The molecule has 1 aromatic rings. The van der Waals surface area contributed by atoms with Crippen LogP contribution in [0.1, 0.15) is 23.1 Å². The summed E-state index contributed by atoms with van der Waals surface area (Å²) in [5.41, 5.74) is 2.55. The second-order valence-corrected chi connectivity index (χ2v) is 3.42. The first-order valence-corrected chi connectivity index (χ1v) is 4.72. The standard InChI is InChI=1S/C12H16O2/c1-3-4-5-10-6-9(2)7-11(8-13)12(10)14/h3,6-7,13-14H,1,4-5,8H2,2H3. The Kier molecular flexibility index (Phi) is 3.72. The summed E-state index contributed by atoms with van der Waals surface area (Å²) in [5.74, 6) is 0.222. The fraction of sp³-hybridized carbons (Fsp3) is 0.333. The van der Waals surface area contributed by atoms with E-state index >= 15 is 0 Å². The van der Waals surface area contributed by atoms with Crippen molar-refractivity contribution in [2.75, 3.05) is 0 Å². The zero-order valence-corrected chi connectivity index (χ0v) is 8.45. The molecule has 0 heterocycles. The van der Waals surface area contributed by atoms with Gasteiger partial charge in [-0.25, -0.2) is 0 Å². The molecule has 2 N–H and O–H groups in total. The van der Waals surface area contributed by atoms with Gasteiger partial charge in [-0.2, -0.15) is 0 Å². The number of aromatic hydroxyl groups is 1. The van der Waals surface area contributed by atoms with E-state index in [-0.39, 0.29) is 12.4 Å². The number of aliphatic hydroxyl groups excluding tert-OH is 1. The van der Waals surface area contributed by atoms with E-state index in [9.17, 15) is 5.11 Å². The van der Waals surface area contributed by atoms with Crippen molar-refractivity contribution < 1.29 is 10.2 Å². The van der Waals surface area contributed by atoms with E-state index in [0.29, 0.717) is 5.56 Å². The van der Waals surface area contributed by atoms with Gasteiger partial charge < -0.3 is 10.2 Å². The van der Waals surface area contributed by atoms with Crippen LogP contribution in [0.3, 0.4) is 0 Å². The van der Waals surface area contributed by atoms with Gasteiger partial charge in [0.1, 0.15) is 5.75 Å². The molecular weight excluding hydrogens is 176 g/mol. The molecule has 2 nitrogen and oxygen atoms in total. The lowest BCUT2D eigenvalue weighted by Crippen LogP contribution is -1.93. The maximum atomic E-state index is 9.75. The van der Waals surface area contributed by atoms with Crippen molar-refractivity contribution in [2.24, 2.45) is 0 Å². The van der Waals surface area contributed by atoms with Crippen molar-refractivity contribution in [3.05, 3.63) is 41.5 Å². The molecule has 0 aromatic heterocycles. The van der Waals surface area contributed by atoms with E-state index in [4.69, 9.17) is 5.11 Å². The van der Waals surface area contributed by atoms with Crippen LogP contribution in [0.25, 0.3) is 0 Å². The van der Waals surface area contributed by atoms with Gasteiger partial charge in [-0.05, 0) is 25.3 Å². The van der Waals surface area contributed by atoms with Gasteiger partial charge in [0.2, 0.25) is 0 Å². The van der Waals surface area contributed by atoms with Gasteiger partial charge in [0.15, 0.2) is 0 Å². The Hall–Kier alpha value is -1.28. The van der Waals surface area contributed by atoms with Gasteiger partial charge in [0, 0.05) is 5.56 Å². The molecule has 0 spiro atoms. The molecule has 0 saturated heterocycles. The van der Waals surface area contributed by atoms with Crippen LogP contribution < -0.4 is 0 Å². The molecule has 0 saturated carbocycles. The highest BCUT2D eigenvalue weighted by atomic mass is 16.3. The molecule has 0 radical (unpaired) electrons. The van der Waals surface area contributed by atoms with Crippen LogP contribution in [0, 0.1) is 6.92 Å². The highest BCUT2D eigenvalue weighted by Gasteiger charge is 2.06. The van der Waals surface area contributed by atoms with Crippen molar-refractivity contribution in [3.8, 4) is 5.75 Å². The molecule has 0 aliphatic rings. The minimum Gasteiger partial charge on any atom is -0.507 e. The van der Waals surface area contributed by atoms with Crippen molar-refractivity contribution >= 4 is 0 Å². The first-order valence-electron chi connectivity index (χ1n) is 4.72. The summed E-state index contributed by atoms with van der Waals surface area (Å²) in [6.45, 7) is 5.48. The number of hydrogen-bond donors (Lipinski definition) is 2. The van der Waals surface area contributed by atoms with Gasteiger partial charge in [0.05, 0.1) is 6.61 Å². The summed E-state index contributed by atoms with van der Waals surface area (Å²) in [6.07, 6.45) is 3.42. The molecule has 1 aromatic carbocycles. The van der Waals surface area contributed by atoms with Crippen LogP contribution in [-0.4, -0.2) is 10.2 Å². The Morgan fingerprint density at radius 3 is 2.57 bits per heavy atom. The first kappa shape index (κ1) is 10.8. The van der Waals surface area contributed by atoms with Crippen LogP contribution in [0.2, 0.25) is 0 Å². The van der Waals surface area contributed by atoms with E-state index < -0.39 is 0 Å². The maximum absolute atomic E-state index is 9.75. The first-order chi connectivity index (χ1) is 6.69. The number of aryl methyl sites for hydroxylation is 2. The van der Waals surface area contributed by atoms with E-state index in [1.807, 2.05) is 19.1 Å². The zero-order chi connectivity index (χ0) is 10.6. The molecule has 0 amide bonds. The number of allylic oxidation sites excluding steroid dienone is 1. The fourth-order valence-corrected chi connectivity index (χ4v) is 1.50. The number of phenols is 1. The minimum absolute atomic E-state index is 0.116. The van der Waals surface area contributed by atoms with Gasteiger partial charge in [-0.3, -0.25) is 0 Å². The molecule has 76 valence electrons. The summed E-state index contributed by atoms with van der Waals surface area (Å²) < 4.78 is 0. The van der Waals surface area contributed by atoms with Crippen LogP contribution in [0.5, 0.6) is 5.75 Å². The van der Waals surface area contributed by atoms with E-state index in [1.165, 1.54) is 0 Å². The van der Waals surface area contributed by atoms with Crippen LogP contribution in [-0.2, 0) is 13.0 Å². The maximum Gasteiger partial charge on any atom is 0.124 e. The molecule has 0 aliphatic heterocycles. The average Bonchev–Trinajstić information content (AvgIpc) is 2.18. The minimum atomic E-state index is -0.116. The molecule has 2 heteroatoms. The molecule has 14 heavy (non-hydrogen) atoms. The average molecular weight is 192 g/mol. The summed E-state index contributed by atoms with van der Waals surface area (Å²) in [4.78, 5) is 0. The summed E-state index contributed by atoms with van der Waals surface area (Å²) >= 11 is 0. The number of hydrogen-bond acceptors (Lipinski definition) is 2. The molecule has 0 fully saturated rings. The Labute approximate surface area is 84.5 Å². The largest absolute Gasteiger partial charge is 0.507 e. The fourth-order valence-electron chi connectivity index (χ4n) is 1.50. The van der Waals surface area contributed by atoms with Gasteiger partial charge >= 0.3 is 0 Å². The lowest BCUT2D eigenvalue weighted by atomic mass is 10.0. The van der Waals surface area contributed by atoms with E-state index in [2.05, 4.69) is 6.58 Å². The third-order valence-electron chi connectivity index (χ3n) is 2.20. The Balaban J connectivity index is 3.02. The topological polar surface area (TPSA) is 40.5 Å². The molecular formula is C12H16O2. The molecule has 0 atom stereocenters. The summed E-state index contributed by atoms with van der Waals surface area (Å²) in [7, 11) is 0. The zero-order valence-electron chi connectivity index (χ0n) is 8.45. The van der Waals surface area contributed by atoms with Crippen molar-refractivity contribution in [1.29, 1.82) is 0 Å². The third-order valence-corrected chi connectivity index (χ3v) is 2.20. The molecule has 1 rings (SSSR count). The molecule has 0 unspecified atom stereocenters. The Morgan fingerprint density at radius 1 is 1.36 bits per heavy atom. The SMILES string of the molecule is C=CCCc1cc(C)cc(CO)c1O. The van der Waals surface area contributed by atoms with Crippen LogP contribution in [0.15, 0.2) is 24.8 Å². The monoisotopic (exact) mass is 192 g/mol. The van der Waals surface area contributed by atoms with E-state index in [1.54, 1.807) is 6.07 Å². The Morgan fingerprint density at radius 2 is 2.00 bits per heavy atom. The van der Waals surface area contributed by atoms with Crippen LogP contribution in [0.4, 0.5) is 0 Å². The lowest BCUT2D eigenvalue weighted by Gasteiger charge is -2.09. The van der Waals surface area contributed by atoms with Crippen molar-refractivity contribution in [3.63, 3.8) is 0 Å². The Bertz CT molecular complexity index is 329. The van der Waals surface area contributed by atoms with Crippen LogP contribution >= 0.6 is 0 Å². The second-order valence-electron chi connectivity index (χ2n) is 3.42. The number of aliphatic hydroxyl groups is 1. The lowest BCUT2D eigenvalue weighted by molar-refractivity contribution is 0.275. The van der Waals surface area contributed by atoms with Gasteiger partial charge in [-0.15, -0.1) is 6.58 Å². The molecule has 0 bridgehead atoms. The quantitative estimate of drug-likeness (QED) is 0.719.